The molecule has 27 heavy (non-hydrogen) atoms. The van der Waals surface area contributed by atoms with E-state index in [4.69, 9.17) is 0 Å². The third-order valence-electron chi connectivity index (χ3n) is 4.86. The maximum absolute atomic E-state index is 13.5. The van der Waals surface area contributed by atoms with Gasteiger partial charge in [0.05, 0.1) is 18.1 Å². The Morgan fingerprint density at radius 2 is 1.96 bits per heavy atom. The smallest absolute Gasteiger partial charge is 0.239 e. The number of carbonyl (C=O) groups excluding carboxylic acids is 2. The van der Waals surface area contributed by atoms with Gasteiger partial charge in [-0.3, -0.25) is 9.59 Å². The van der Waals surface area contributed by atoms with E-state index in [0.717, 1.165) is 5.56 Å². The molecule has 2 atom stereocenters. The Hall–Kier alpha value is -1.96. The van der Waals surface area contributed by atoms with Crippen LogP contribution < -0.4 is 10.6 Å². The number of hydrogen-bond donors (Lipinski definition) is 2. The van der Waals surface area contributed by atoms with Gasteiger partial charge in [-0.15, -0.1) is 0 Å². The van der Waals surface area contributed by atoms with Crippen LogP contribution in [0, 0.1) is 18.7 Å². The highest BCUT2D eigenvalue weighted by molar-refractivity contribution is 7.91. The van der Waals surface area contributed by atoms with Crippen molar-refractivity contribution >= 4 is 21.7 Å². The Balaban J connectivity index is 1.87. The molecule has 1 saturated heterocycles. The summed E-state index contributed by atoms with van der Waals surface area (Å²) in [4.78, 5) is 24.2. The van der Waals surface area contributed by atoms with Gasteiger partial charge in [0.1, 0.15) is 5.82 Å². The molecule has 1 aliphatic heterocycles. The molecule has 1 aromatic carbocycles. The molecule has 0 aromatic heterocycles. The van der Waals surface area contributed by atoms with E-state index in [1.54, 1.807) is 19.1 Å². The van der Waals surface area contributed by atoms with E-state index in [9.17, 15) is 22.4 Å². The summed E-state index contributed by atoms with van der Waals surface area (Å²) >= 11 is 0. The van der Waals surface area contributed by atoms with Gasteiger partial charge >= 0.3 is 0 Å². The molecule has 1 fully saturated rings. The van der Waals surface area contributed by atoms with Crippen LogP contribution >= 0.6 is 0 Å². The predicted octanol–water partition coefficient (Wildman–Crippen LogP) is 1.68. The molecule has 0 aliphatic carbocycles. The molecule has 6 nitrogen and oxygen atoms in total. The molecule has 2 N–H and O–H groups in total. The number of rotatable bonds is 7. The van der Waals surface area contributed by atoms with E-state index < -0.39 is 15.7 Å². The molecular formula is C19H27FN2O4S. The maximum Gasteiger partial charge on any atom is 0.239 e. The van der Waals surface area contributed by atoms with Gasteiger partial charge in [0.15, 0.2) is 9.84 Å². The first kappa shape index (κ1) is 21.3. The highest BCUT2D eigenvalue weighted by atomic mass is 32.2. The molecule has 2 unspecified atom stereocenters. The fourth-order valence-corrected chi connectivity index (χ4v) is 4.95. The van der Waals surface area contributed by atoms with Gasteiger partial charge in [-0.25, -0.2) is 12.8 Å². The fraction of sp³-hybridized carbons (Fsp3) is 0.579. The molecule has 0 saturated carbocycles. The second kappa shape index (κ2) is 8.82. The van der Waals surface area contributed by atoms with Crippen molar-refractivity contribution in [2.24, 2.45) is 5.92 Å². The van der Waals surface area contributed by atoms with Gasteiger partial charge in [0.2, 0.25) is 11.8 Å². The Kier molecular flexibility index (Phi) is 6.97. The molecular weight excluding hydrogens is 371 g/mol. The summed E-state index contributed by atoms with van der Waals surface area (Å²) in [5.41, 5.74) is 1.42. The quantitative estimate of drug-likeness (QED) is 0.731. The number of benzene rings is 1. The molecule has 1 heterocycles. The van der Waals surface area contributed by atoms with E-state index in [1.165, 1.54) is 6.07 Å². The average Bonchev–Trinajstić information content (AvgIpc) is 2.91. The molecule has 0 radical (unpaired) electrons. The average molecular weight is 399 g/mol. The van der Waals surface area contributed by atoms with E-state index in [1.807, 2.05) is 13.8 Å². The van der Waals surface area contributed by atoms with Crippen molar-refractivity contribution in [3.05, 3.63) is 35.1 Å². The van der Waals surface area contributed by atoms with Gasteiger partial charge in [-0.05, 0) is 42.4 Å². The third kappa shape index (κ3) is 6.30. The number of sulfone groups is 1. The third-order valence-corrected chi connectivity index (χ3v) is 6.63. The summed E-state index contributed by atoms with van der Waals surface area (Å²) < 4.78 is 36.3. The molecule has 1 aromatic rings. The number of nitrogens with one attached hydrogen (secondary N) is 2. The monoisotopic (exact) mass is 398 g/mol. The van der Waals surface area contributed by atoms with E-state index >= 15 is 0 Å². The summed E-state index contributed by atoms with van der Waals surface area (Å²) in [6.45, 7) is 5.47. The van der Waals surface area contributed by atoms with Crippen molar-refractivity contribution in [1.29, 1.82) is 0 Å². The van der Waals surface area contributed by atoms with Crippen LogP contribution in [0.2, 0.25) is 0 Å². The molecule has 0 spiro atoms. The number of halogens is 1. The van der Waals surface area contributed by atoms with Crippen molar-refractivity contribution < 1.29 is 22.4 Å². The second-order valence-electron chi connectivity index (χ2n) is 7.51. The molecule has 2 rings (SSSR count). The van der Waals surface area contributed by atoms with Gasteiger partial charge in [-0.1, -0.05) is 26.0 Å². The minimum Gasteiger partial charge on any atom is -0.351 e. The van der Waals surface area contributed by atoms with Crippen molar-refractivity contribution in [3.63, 3.8) is 0 Å². The van der Waals surface area contributed by atoms with E-state index in [2.05, 4.69) is 10.6 Å². The van der Waals surface area contributed by atoms with Crippen LogP contribution in [0.3, 0.4) is 0 Å². The Bertz CT molecular complexity index is 808. The van der Waals surface area contributed by atoms with Gasteiger partial charge in [0, 0.05) is 12.5 Å². The van der Waals surface area contributed by atoms with Crippen LogP contribution in [0.1, 0.15) is 43.7 Å². The summed E-state index contributed by atoms with van der Waals surface area (Å²) in [5.74, 6) is -0.848. The molecule has 2 amide bonds. The molecule has 8 heteroatoms. The highest BCUT2D eigenvalue weighted by Crippen LogP contribution is 2.29. The number of hydrogen-bond acceptors (Lipinski definition) is 4. The first-order valence-corrected chi connectivity index (χ1v) is 10.9. The summed E-state index contributed by atoms with van der Waals surface area (Å²) in [7, 11) is -3.06. The number of carbonyl (C=O) groups is 2. The normalized spacial score (nSPS) is 19.7. The van der Waals surface area contributed by atoms with Gasteiger partial charge in [-0.2, -0.15) is 0 Å². The second-order valence-corrected chi connectivity index (χ2v) is 9.74. The number of amides is 2. The van der Waals surface area contributed by atoms with Crippen molar-refractivity contribution in [2.45, 2.75) is 45.6 Å². The molecule has 1 aliphatic rings. The topological polar surface area (TPSA) is 92.3 Å². The summed E-state index contributed by atoms with van der Waals surface area (Å²) in [5, 5.41) is 5.22. The summed E-state index contributed by atoms with van der Waals surface area (Å²) in [6, 6.07) is 4.46. The lowest BCUT2D eigenvalue weighted by molar-refractivity contribution is -0.126. The van der Waals surface area contributed by atoms with Gasteiger partial charge < -0.3 is 10.6 Å². The Morgan fingerprint density at radius 1 is 1.26 bits per heavy atom. The first-order valence-electron chi connectivity index (χ1n) is 9.10. The standard InChI is InChI=1S/C19H27FN2O4S/c1-12(2)16(14-4-5-17(20)13(3)8-14)9-18(23)21-10-19(24)22-15-6-7-27(25,26)11-15/h4-5,8,12,15-16H,6-7,9-11H2,1-3H3,(H,21,23)(H,22,24). The molecule has 0 bridgehead atoms. The zero-order valence-corrected chi connectivity index (χ0v) is 16.7. The van der Waals surface area contributed by atoms with Gasteiger partial charge in [0.25, 0.3) is 0 Å². The lowest BCUT2D eigenvalue weighted by Gasteiger charge is -2.21. The highest BCUT2D eigenvalue weighted by Gasteiger charge is 2.29. The lowest BCUT2D eigenvalue weighted by Crippen LogP contribution is -2.42. The Morgan fingerprint density at radius 3 is 2.52 bits per heavy atom. The predicted molar refractivity (Wildman–Crippen MR) is 102 cm³/mol. The largest absolute Gasteiger partial charge is 0.351 e. The van der Waals surface area contributed by atoms with Crippen molar-refractivity contribution in [3.8, 4) is 0 Å². The number of aryl methyl sites for hydroxylation is 1. The molecule has 150 valence electrons. The minimum atomic E-state index is -3.06. The van der Waals surface area contributed by atoms with Crippen LogP contribution in [0.25, 0.3) is 0 Å². The van der Waals surface area contributed by atoms with Crippen molar-refractivity contribution in [2.75, 3.05) is 18.1 Å². The first-order chi connectivity index (χ1) is 12.6. The fourth-order valence-electron chi connectivity index (χ4n) is 3.28. The van der Waals surface area contributed by atoms with Crippen LogP contribution in [0.5, 0.6) is 0 Å². The zero-order valence-electron chi connectivity index (χ0n) is 15.9. The van der Waals surface area contributed by atoms with Crippen LogP contribution in [-0.4, -0.2) is 44.3 Å². The SMILES string of the molecule is Cc1cc(C(CC(=O)NCC(=O)NC2CCS(=O)(=O)C2)C(C)C)ccc1F. The van der Waals surface area contributed by atoms with E-state index in [-0.39, 0.29) is 54.1 Å². The van der Waals surface area contributed by atoms with E-state index in [0.29, 0.717) is 12.0 Å². The minimum absolute atomic E-state index is 0.0496. The lowest BCUT2D eigenvalue weighted by atomic mass is 9.85. The van der Waals surface area contributed by atoms with Crippen LogP contribution in [0.15, 0.2) is 18.2 Å². The van der Waals surface area contributed by atoms with Crippen LogP contribution in [0.4, 0.5) is 4.39 Å². The van der Waals surface area contributed by atoms with Crippen molar-refractivity contribution in [1.82, 2.24) is 10.6 Å². The summed E-state index contributed by atoms with van der Waals surface area (Å²) in [6.07, 6.45) is 0.592. The van der Waals surface area contributed by atoms with Crippen LogP contribution in [-0.2, 0) is 19.4 Å². The zero-order chi connectivity index (χ0) is 20.2. The Labute approximate surface area is 159 Å². The maximum atomic E-state index is 13.5.